The zero-order valence-corrected chi connectivity index (χ0v) is 17.7. The van der Waals surface area contributed by atoms with Crippen molar-refractivity contribution in [2.75, 3.05) is 25.9 Å². The van der Waals surface area contributed by atoms with Gasteiger partial charge in [0.05, 0.1) is 11.9 Å². The molecule has 10 heteroatoms. The normalized spacial score (nSPS) is 19.2. The summed E-state index contributed by atoms with van der Waals surface area (Å²) < 4.78 is 13.6. The highest BCUT2D eigenvalue weighted by Gasteiger charge is 2.25. The Morgan fingerprint density at radius 3 is 2.93 bits per heavy atom. The standard InChI is InChI=1S/C20H25FN7OP/c1-24-7-12(6-22)11-2-3-17(30)15(4-11)16-10-26-19(23)18(28-16)20(29)27-14-5-13(21)8-25-9-14/h2-4,6-7,10,13-14,22,24-25H,5,8-9,30H2,1H3,(H2,23,26)(H,27,29)/b12-7+,22-6?. The molecule has 8 nitrogen and oxygen atoms in total. The Hall–Kier alpha value is -2.90. The fraction of sp³-hybridized carbons (Fsp3) is 0.300. The maximum absolute atomic E-state index is 13.6. The van der Waals surface area contributed by atoms with E-state index in [4.69, 9.17) is 11.1 Å². The van der Waals surface area contributed by atoms with Gasteiger partial charge in [-0.25, -0.2) is 14.4 Å². The molecular formula is C20H25FN7OP. The number of nitrogens with zero attached hydrogens (tertiary/aromatic N) is 2. The van der Waals surface area contributed by atoms with Crippen LogP contribution in [0.15, 0.2) is 30.6 Å². The molecule has 1 aliphatic heterocycles. The van der Waals surface area contributed by atoms with Crippen molar-refractivity contribution in [3.8, 4) is 11.3 Å². The van der Waals surface area contributed by atoms with E-state index in [2.05, 4.69) is 35.2 Å². The number of piperidine rings is 1. The summed E-state index contributed by atoms with van der Waals surface area (Å²) in [5.74, 6) is -0.479. The minimum absolute atomic E-state index is 0.00123. The number of allylic oxidation sites excluding steroid dienone is 1. The average Bonchev–Trinajstić information content (AvgIpc) is 2.73. The van der Waals surface area contributed by atoms with Crippen LogP contribution in [0.1, 0.15) is 22.5 Å². The number of hydrogen-bond donors (Lipinski definition) is 5. The minimum Gasteiger partial charge on any atom is -0.393 e. The van der Waals surface area contributed by atoms with Gasteiger partial charge in [-0.15, -0.1) is 9.24 Å². The van der Waals surface area contributed by atoms with Crippen LogP contribution >= 0.6 is 9.24 Å². The SMILES string of the molecule is CN/C=C(\C=N)c1ccc(P)c(-c2cnc(N)c(C(=O)NC3CNCC(F)C3)n2)c1. The van der Waals surface area contributed by atoms with Crippen molar-refractivity contribution in [3.63, 3.8) is 0 Å². The Labute approximate surface area is 176 Å². The molecule has 2 aromatic rings. The van der Waals surface area contributed by atoms with Gasteiger partial charge in [0.25, 0.3) is 5.91 Å². The molecule has 0 radical (unpaired) electrons. The monoisotopic (exact) mass is 429 g/mol. The van der Waals surface area contributed by atoms with Crippen LogP contribution in [0, 0.1) is 5.41 Å². The van der Waals surface area contributed by atoms with Crippen LogP contribution in [-0.4, -0.2) is 54.4 Å². The Morgan fingerprint density at radius 2 is 2.23 bits per heavy atom. The molecule has 0 saturated carbocycles. The number of benzene rings is 1. The van der Waals surface area contributed by atoms with Gasteiger partial charge in [0.1, 0.15) is 6.17 Å². The quantitative estimate of drug-likeness (QED) is 0.342. The van der Waals surface area contributed by atoms with Crippen LogP contribution in [0.25, 0.3) is 16.8 Å². The van der Waals surface area contributed by atoms with Crippen LogP contribution in [0.3, 0.4) is 0 Å². The van der Waals surface area contributed by atoms with Gasteiger partial charge in [0, 0.05) is 56.2 Å². The van der Waals surface area contributed by atoms with E-state index in [9.17, 15) is 9.18 Å². The first-order valence-corrected chi connectivity index (χ1v) is 10.1. The van der Waals surface area contributed by atoms with Gasteiger partial charge in [0.15, 0.2) is 11.5 Å². The molecule has 0 bridgehead atoms. The van der Waals surface area contributed by atoms with E-state index in [0.29, 0.717) is 17.8 Å². The predicted octanol–water partition coefficient (Wildman–Crippen LogP) is 0.866. The Morgan fingerprint density at radius 1 is 1.43 bits per heavy atom. The molecule has 1 saturated heterocycles. The van der Waals surface area contributed by atoms with Crippen molar-refractivity contribution in [2.45, 2.75) is 18.6 Å². The van der Waals surface area contributed by atoms with E-state index < -0.39 is 12.1 Å². The molecule has 0 aliphatic carbocycles. The lowest BCUT2D eigenvalue weighted by molar-refractivity contribution is 0.0914. The lowest BCUT2D eigenvalue weighted by Crippen LogP contribution is -2.49. The Bertz CT molecular complexity index is 982. The third-order valence-electron chi connectivity index (χ3n) is 4.77. The first kappa shape index (κ1) is 21.8. The number of hydrogen-bond acceptors (Lipinski definition) is 7. The molecule has 3 rings (SSSR count). The van der Waals surface area contributed by atoms with Crippen molar-refractivity contribution in [3.05, 3.63) is 41.9 Å². The van der Waals surface area contributed by atoms with E-state index in [-0.39, 0.29) is 30.5 Å². The van der Waals surface area contributed by atoms with Crippen LogP contribution in [-0.2, 0) is 0 Å². The number of aromatic nitrogens is 2. The summed E-state index contributed by atoms with van der Waals surface area (Å²) in [7, 11) is 4.39. The highest BCUT2D eigenvalue weighted by molar-refractivity contribution is 7.28. The van der Waals surface area contributed by atoms with Crippen LogP contribution in [0.2, 0.25) is 0 Å². The van der Waals surface area contributed by atoms with E-state index in [0.717, 1.165) is 16.4 Å². The lowest BCUT2D eigenvalue weighted by Gasteiger charge is -2.26. The number of alkyl halides is 1. The molecule has 1 amide bonds. The smallest absolute Gasteiger partial charge is 0.274 e. The molecule has 158 valence electrons. The molecule has 30 heavy (non-hydrogen) atoms. The predicted molar refractivity (Wildman–Crippen MR) is 121 cm³/mol. The molecule has 3 atom stereocenters. The number of halogens is 1. The molecule has 3 unspecified atom stereocenters. The van der Waals surface area contributed by atoms with E-state index in [1.54, 1.807) is 13.2 Å². The summed E-state index contributed by atoms with van der Waals surface area (Å²) in [5.41, 5.74) is 8.62. The summed E-state index contributed by atoms with van der Waals surface area (Å²) >= 11 is 0. The molecule has 1 aromatic heterocycles. The molecule has 1 fully saturated rings. The van der Waals surface area contributed by atoms with Gasteiger partial charge in [0.2, 0.25) is 0 Å². The number of rotatable bonds is 6. The number of anilines is 1. The summed E-state index contributed by atoms with van der Waals surface area (Å²) in [6.45, 7) is 0.776. The molecule has 0 spiro atoms. The fourth-order valence-electron chi connectivity index (χ4n) is 3.27. The van der Waals surface area contributed by atoms with Gasteiger partial charge < -0.3 is 27.1 Å². The van der Waals surface area contributed by atoms with Gasteiger partial charge in [-0.3, -0.25) is 4.79 Å². The maximum Gasteiger partial charge on any atom is 0.274 e. The summed E-state index contributed by atoms with van der Waals surface area (Å²) in [6, 6.07) is 5.31. The molecule has 1 aliphatic rings. The molecule has 6 N–H and O–H groups in total. The number of carbonyl (C=O) groups is 1. The fourth-order valence-corrected chi connectivity index (χ4v) is 3.60. The van der Waals surface area contributed by atoms with Gasteiger partial charge in [-0.1, -0.05) is 12.1 Å². The first-order chi connectivity index (χ1) is 14.4. The third-order valence-corrected chi connectivity index (χ3v) is 5.27. The minimum atomic E-state index is -1.00. The highest BCUT2D eigenvalue weighted by Crippen LogP contribution is 2.23. The second-order valence-corrected chi connectivity index (χ2v) is 7.61. The van der Waals surface area contributed by atoms with Gasteiger partial charge >= 0.3 is 0 Å². The zero-order chi connectivity index (χ0) is 21.7. The third kappa shape index (κ3) is 4.98. The summed E-state index contributed by atoms with van der Waals surface area (Å²) in [4.78, 5) is 21.3. The number of nitrogens with one attached hydrogen (secondary N) is 4. The molecule has 1 aromatic carbocycles. The van der Waals surface area contributed by atoms with Crippen LogP contribution in [0.5, 0.6) is 0 Å². The van der Waals surface area contributed by atoms with Crippen molar-refractivity contribution in [1.29, 1.82) is 5.41 Å². The van der Waals surface area contributed by atoms with Crippen molar-refractivity contribution < 1.29 is 9.18 Å². The molecule has 2 heterocycles. The topological polar surface area (TPSA) is 129 Å². The highest BCUT2D eigenvalue weighted by atomic mass is 31.0. The summed E-state index contributed by atoms with van der Waals surface area (Å²) in [6.07, 6.45) is 3.72. The largest absolute Gasteiger partial charge is 0.393 e. The van der Waals surface area contributed by atoms with E-state index >= 15 is 0 Å². The molecular weight excluding hydrogens is 404 g/mol. The Balaban J connectivity index is 1.92. The van der Waals surface area contributed by atoms with Crippen LogP contribution in [0.4, 0.5) is 10.2 Å². The second-order valence-electron chi connectivity index (χ2n) is 6.99. The lowest BCUT2D eigenvalue weighted by atomic mass is 10.0. The number of nitrogen functional groups attached to an aromatic ring is 1. The Kier molecular flexibility index (Phi) is 7.07. The average molecular weight is 429 g/mol. The summed E-state index contributed by atoms with van der Waals surface area (Å²) in [5, 5.41) is 17.1. The van der Waals surface area contributed by atoms with Crippen molar-refractivity contribution >= 4 is 38.1 Å². The number of carbonyl (C=O) groups excluding carboxylic acids is 1. The number of nitrogens with two attached hydrogens (primary N) is 1. The van der Waals surface area contributed by atoms with Crippen molar-refractivity contribution in [2.24, 2.45) is 0 Å². The van der Waals surface area contributed by atoms with Gasteiger partial charge in [-0.05, 0) is 16.9 Å². The second kappa shape index (κ2) is 9.73. The number of amides is 1. The van der Waals surface area contributed by atoms with E-state index in [1.165, 1.54) is 12.4 Å². The zero-order valence-electron chi connectivity index (χ0n) is 16.6. The first-order valence-electron chi connectivity index (χ1n) is 9.49. The van der Waals surface area contributed by atoms with Crippen LogP contribution < -0.4 is 27.0 Å². The van der Waals surface area contributed by atoms with E-state index in [1.807, 2.05) is 18.2 Å². The van der Waals surface area contributed by atoms with Gasteiger partial charge in [-0.2, -0.15) is 0 Å². The maximum atomic E-state index is 13.6. The van der Waals surface area contributed by atoms with Crippen molar-refractivity contribution in [1.82, 2.24) is 25.9 Å².